The van der Waals surface area contributed by atoms with E-state index in [9.17, 15) is 0 Å². The number of halogens is 1. The van der Waals surface area contributed by atoms with Gasteiger partial charge in [-0.05, 0) is 36.1 Å². The third-order valence-electron chi connectivity index (χ3n) is 4.41. The van der Waals surface area contributed by atoms with Gasteiger partial charge in [-0.15, -0.1) is 0 Å². The molecule has 3 rings (SSSR count). The summed E-state index contributed by atoms with van der Waals surface area (Å²) in [6.07, 6.45) is 6.58. The molecule has 0 bridgehead atoms. The van der Waals surface area contributed by atoms with E-state index in [0.717, 1.165) is 11.6 Å². The average molecular weight is 312 g/mol. The van der Waals surface area contributed by atoms with Crippen LogP contribution in [0.1, 0.15) is 43.2 Å². The largest absolute Gasteiger partial charge is 0.284 e. The van der Waals surface area contributed by atoms with Crippen LogP contribution in [0.15, 0.2) is 59.6 Å². The number of hydrogen-bond donors (Lipinski definition) is 0. The predicted molar refractivity (Wildman–Crippen MR) is 94.7 cm³/mol. The summed E-state index contributed by atoms with van der Waals surface area (Å²) in [7, 11) is 0. The Morgan fingerprint density at radius 2 is 1.59 bits per heavy atom. The van der Waals surface area contributed by atoms with E-state index in [4.69, 9.17) is 16.6 Å². The number of rotatable bonds is 4. The molecular formula is C20H22ClN. The van der Waals surface area contributed by atoms with Crippen LogP contribution >= 0.6 is 11.6 Å². The molecule has 1 aliphatic carbocycles. The summed E-state index contributed by atoms with van der Waals surface area (Å²) in [4.78, 5) is 4.99. The van der Waals surface area contributed by atoms with Crippen LogP contribution in [-0.2, 0) is 6.54 Å². The van der Waals surface area contributed by atoms with Crippen molar-refractivity contribution in [1.82, 2.24) is 0 Å². The van der Waals surface area contributed by atoms with Gasteiger partial charge in [0.25, 0.3) is 0 Å². The summed E-state index contributed by atoms with van der Waals surface area (Å²) < 4.78 is 0. The average Bonchev–Trinajstić information content (AvgIpc) is 2.59. The van der Waals surface area contributed by atoms with Gasteiger partial charge in [-0.2, -0.15) is 0 Å². The van der Waals surface area contributed by atoms with Gasteiger partial charge in [0.1, 0.15) is 0 Å². The van der Waals surface area contributed by atoms with E-state index >= 15 is 0 Å². The topological polar surface area (TPSA) is 12.4 Å². The highest BCUT2D eigenvalue weighted by Gasteiger charge is 2.20. The predicted octanol–water partition coefficient (Wildman–Crippen LogP) is 5.91. The van der Waals surface area contributed by atoms with Crippen molar-refractivity contribution < 1.29 is 0 Å². The van der Waals surface area contributed by atoms with Crippen molar-refractivity contribution in [3.8, 4) is 0 Å². The maximum absolute atomic E-state index is 5.96. The van der Waals surface area contributed by atoms with Gasteiger partial charge in [0.2, 0.25) is 0 Å². The molecule has 0 heterocycles. The summed E-state index contributed by atoms with van der Waals surface area (Å²) in [5.74, 6) is 0.614. The van der Waals surface area contributed by atoms with E-state index in [-0.39, 0.29) is 0 Å². The van der Waals surface area contributed by atoms with Crippen LogP contribution in [0.5, 0.6) is 0 Å². The molecule has 0 amide bonds. The van der Waals surface area contributed by atoms with E-state index in [1.807, 2.05) is 12.1 Å². The molecule has 0 N–H and O–H groups in total. The molecule has 2 aromatic carbocycles. The summed E-state index contributed by atoms with van der Waals surface area (Å²) in [5.41, 5.74) is 3.78. The molecule has 0 spiro atoms. The normalized spacial score (nSPS) is 16.7. The van der Waals surface area contributed by atoms with Crippen molar-refractivity contribution in [2.24, 2.45) is 10.9 Å². The van der Waals surface area contributed by atoms with Gasteiger partial charge in [0.05, 0.1) is 6.54 Å². The van der Waals surface area contributed by atoms with Gasteiger partial charge < -0.3 is 0 Å². The van der Waals surface area contributed by atoms with Crippen LogP contribution < -0.4 is 0 Å². The highest BCUT2D eigenvalue weighted by molar-refractivity contribution is 6.30. The smallest absolute Gasteiger partial charge is 0.0643 e. The summed E-state index contributed by atoms with van der Waals surface area (Å²) >= 11 is 5.96. The van der Waals surface area contributed by atoms with Crippen LogP contribution in [-0.4, -0.2) is 5.71 Å². The fourth-order valence-corrected chi connectivity index (χ4v) is 3.33. The number of aliphatic imine (C=N–C) groups is 1. The Kier molecular flexibility index (Phi) is 5.29. The summed E-state index contributed by atoms with van der Waals surface area (Å²) in [5, 5.41) is 0.781. The lowest BCUT2D eigenvalue weighted by Gasteiger charge is -2.24. The van der Waals surface area contributed by atoms with E-state index in [0.29, 0.717) is 5.92 Å². The lowest BCUT2D eigenvalue weighted by atomic mass is 9.83. The first-order valence-electron chi connectivity index (χ1n) is 8.17. The van der Waals surface area contributed by atoms with Gasteiger partial charge in [-0.3, -0.25) is 4.99 Å². The third-order valence-corrected chi connectivity index (χ3v) is 4.66. The van der Waals surface area contributed by atoms with Crippen LogP contribution in [0.4, 0.5) is 0 Å². The zero-order valence-electron chi connectivity index (χ0n) is 12.8. The fourth-order valence-electron chi connectivity index (χ4n) is 3.21. The Morgan fingerprint density at radius 3 is 2.27 bits per heavy atom. The standard InChI is InChI=1S/C20H22ClN/c21-19-13-11-16(12-14-19)15-22-20(17-7-3-1-4-8-17)18-9-5-2-6-10-18/h1,3-4,7-8,11-14,18H,2,5-6,9-10,15H2. The van der Waals surface area contributed by atoms with E-state index in [1.54, 1.807) is 0 Å². The van der Waals surface area contributed by atoms with Crippen LogP contribution in [0, 0.1) is 5.92 Å². The molecule has 0 saturated heterocycles. The first-order chi connectivity index (χ1) is 10.8. The maximum Gasteiger partial charge on any atom is 0.0643 e. The Morgan fingerprint density at radius 1 is 0.909 bits per heavy atom. The minimum Gasteiger partial charge on any atom is -0.284 e. The minimum atomic E-state index is 0.614. The zero-order valence-corrected chi connectivity index (χ0v) is 13.6. The van der Waals surface area contributed by atoms with Crippen molar-refractivity contribution in [2.75, 3.05) is 0 Å². The van der Waals surface area contributed by atoms with E-state index in [1.165, 1.54) is 48.9 Å². The molecular weight excluding hydrogens is 290 g/mol. The lowest BCUT2D eigenvalue weighted by Crippen LogP contribution is -2.19. The highest BCUT2D eigenvalue weighted by atomic mass is 35.5. The van der Waals surface area contributed by atoms with E-state index in [2.05, 4.69) is 42.5 Å². The second-order valence-electron chi connectivity index (χ2n) is 6.03. The lowest BCUT2D eigenvalue weighted by molar-refractivity contribution is 0.439. The minimum absolute atomic E-state index is 0.614. The molecule has 0 unspecified atom stereocenters. The highest BCUT2D eigenvalue weighted by Crippen LogP contribution is 2.28. The number of benzene rings is 2. The van der Waals surface area contributed by atoms with Gasteiger partial charge >= 0.3 is 0 Å². The second kappa shape index (κ2) is 7.60. The maximum atomic E-state index is 5.96. The van der Waals surface area contributed by atoms with Crippen molar-refractivity contribution >= 4 is 17.3 Å². The Balaban J connectivity index is 1.83. The molecule has 2 heteroatoms. The molecule has 22 heavy (non-hydrogen) atoms. The Bertz CT molecular complexity index is 610. The van der Waals surface area contributed by atoms with Crippen molar-refractivity contribution in [1.29, 1.82) is 0 Å². The third kappa shape index (κ3) is 3.98. The molecule has 1 saturated carbocycles. The van der Waals surface area contributed by atoms with E-state index < -0.39 is 0 Å². The van der Waals surface area contributed by atoms with Gasteiger partial charge in [-0.1, -0.05) is 73.3 Å². The van der Waals surface area contributed by atoms with Gasteiger partial charge in [-0.25, -0.2) is 0 Å². The van der Waals surface area contributed by atoms with Crippen LogP contribution in [0.25, 0.3) is 0 Å². The Hall–Kier alpha value is -1.60. The first kappa shape index (κ1) is 15.3. The fraction of sp³-hybridized carbons (Fsp3) is 0.350. The summed E-state index contributed by atoms with van der Waals surface area (Å²) in [6.45, 7) is 0.734. The number of nitrogens with zero attached hydrogens (tertiary/aromatic N) is 1. The molecule has 0 aliphatic heterocycles. The summed E-state index contributed by atoms with van der Waals surface area (Å²) in [6, 6.07) is 18.7. The zero-order chi connectivity index (χ0) is 15.2. The number of hydrogen-bond acceptors (Lipinski definition) is 1. The second-order valence-corrected chi connectivity index (χ2v) is 6.47. The Labute approximate surface area is 138 Å². The molecule has 2 aromatic rings. The monoisotopic (exact) mass is 311 g/mol. The molecule has 114 valence electrons. The molecule has 1 fully saturated rings. The van der Waals surface area contributed by atoms with Crippen molar-refractivity contribution in [3.63, 3.8) is 0 Å². The van der Waals surface area contributed by atoms with Crippen LogP contribution in [0.2, 0.25) is 5.02 Å². The van der Waals surface area contributed by atoms with Gasteiger partial charge in [0.15, 0.2) is 0 Å². The SMILES string of the molecule is Clc1ccc(CN=C(c2ccccc2)C2CCCCC2)cc1. The van der Waals surface area contributed by atoms with Crippen LogP contribution in [0.3, 0.4) is 0 Å². The molecule has 1 aliphatic rings. The van der Waals surface area contributed by atoms with Crippen molar-refractivity contribution in [2.45, 2.75) is 38.6 Å². The quantitative estimate of drug-likeness (QED) is 0.622. The first-order valence-corrected chi connectivity index (χ1v) is 8.55. The molecule has 0 atom stereocenters. The van der Waals surface area contributed by atoms with Gasteiger partial charge in [0, 0.05) is 16.7 Å². The molecule has 1 nitrogen and oxygen atoms in total. The molecule has 0 aromatic heterocycles. The molecule has 0 radical (unpaired) electrons. The van der Waals surface area contributed by atoms with Crippen molar-refractivity contribution in [3.05, 3.63) is 70.7 Å².